The number of ether oxygens (including phenoxy) is 2. The van der Waals surface area contributed by atoms with Crippen molar-refractivity contribution in [2.24, 2.45) is 5.92 Å². The maximum Gasteiger partial charge on any atom is 0.138 e. The van der Waals surface area contributed by atoms with Crippen LogP contribution in [0.25, 0.3) is 11.4 Å². The Labute approximate surface area is 176 Å². The minimum Gasteiger partial charge on any atom is -0.487 e. The van der Waals surface area contributed by atoms with Crippen molar-refractivity contribution in [2.75, 3.05) is 13.2 Å². The molecule has 156 valence electrons. The number of Topliss-reactive ketones (excluding diaryl/α,β-unsaturated/α-hetero) is 1. The van der Waals surface area contributed by atoms with E-state index < -0.39 is 0 Å². The predicted molar refractivity (Wildman–Crippen MR) is 114 cm³/mol. The second-order valence-corrected chi connectivity index (χ2v) is 7.79. The molecule has 0 aliphatic carbocycles. The highest BCUT2D eigenvalue weighted by Gasteiger charge is 2.17. The minimum absolute atomic E-state index is 0.348. The Kier molecular flexibility index (Phi) is 6.87. The second-order valence-electron chi connectivity index (χ2n) is 7.79. The molecule has 0 atom stereocenters. The van der Waals surface area contributed by atoms with E-state index in [4.69, 9.17) is 9.47 Å². The van der Waals surface area contributed by atoms with E-state index in [2.05, 4.69) is 27.3 Å². The van der Waals surface area contributed by atoms with Gasteiger partial charge in [-0.3, -0.25) is 14.9 Å². The van der Waals surface area contributed by atoms with Gasteiger partial charge in [0.25, 0.3) is 0 Å². The summed E-state index contributed by atoms with van der Waals surface area (Å²) in [6.45, 7) is 2.21. The smallest absolute Gasteiger partial charge is 0.138 e. The van der Waals surface area contributed by atoms with Crippen LogP contribution in [0.2, 0.25) is 0 Å². The van der Waals surface area contributed by atoms with E-state index in [1.165, 1.54) is 5.56 Å². The first-order valence-corrected chi connectivity index (χ1v) is 10.5. The summed E-state index contributed by atoms with van der Waals surface area (Å²) in [5, 5.41) is 6.83. The van der Waals surface area contributed by atoms with E-state index in [0.717, 1.165) is 55.2 Å². The van der Waals surface area contributed by atoms with Crippen LogP contribution in [0.3, 0.4) is 0 Å². The molecule has 0 saturated carbocycles. The summed E-state index contributed by atoms with van der Waals surface area (Å²) in [6, 6.07) is 13.9. The number of nitrogens with one attached hydrogen (secondary N) is 1. The number of hydrogen-bond donors (Lipinski definition) is 1. The van der Waals surface area contributed by atoms with Crippen LogP contribution in [0.15, 0.2) is 54.9 Å². The van der Waals surface area contributed by atoms with Gasteiger partial charge < -0.3 is 9.47 Å². The zero-order valence-corrected chi connectivity index (χ0v) is 17.0. The molecule has 0 spiro atoms. The van der Waals surface area contributed by atoms with E-state index in [9.17, 15) is 4.79 Å². The lowest BCUT2D eigenvalue weighted by atomic mass is 9.98. The van der Waals surface area contributed by atoms with Gasteiger partial charge in [0.15, 0.2) is 0 Å². The van der Waals surface area contributed by atoms with Gasteiger partial charge in [-0.1, -0.05) is 24.3 Å². The number of carbonyl (C=O) groups excluding carboxylic acids is 1. The van der Waals surface area contributed by atoms with Crippen molar-refractivity contribution in [3.63, 3.8) is 0 Å². The summed E-state index contributed by atoms with van der Waals surface area (Å²) in [7, 11) is 0. The first kappa shape index (κ1) is 20.3. The molecule has 1 aliphatic heterocycles. The van der Waals surface area contributed by atoms with E-state index in [0.29, 0.717) is 31.1 Å². The quantitative estimate of drug-likeness (QED) is 0.513. The molecule has 1 aromatic carbocycles. The average Bonchev–Trinajstić information content (AvgIpc) is 3.28. The Bertz CT molecular complexity index is 935. The predicted octanol–water partition coefficient (Wildman–Crippen LogP) is 4.37. The van der Waals surface area contributed by atoms with Gasteiger partial charge in [0, 0.05) is 25.0 Å². The summed E-state index contributed by atoms with van der Waals surface area (Å²) in [5.41, 5.74) is 3.96. The highest BCUT2D eigenvalue weighted by molar-refractivity contribution is 5.78. The number of rotatable bonds is 11. The van der Waals surface area contributed by atoms with Crippen LogP contribution < -0.4 is 4.74 Å². The van der Waals surface area contributed by atoms with Gasteiger partial charge in [-0.2, -0.15) is 5.10 Å². The zero-order chi connectivity index (χ0) is 20.6. The third-order valence-corrected chi connectivity index (χ3v) is 5.38. The lowest BCUT2D eigenvalue weighted by Crippen LogP contribution is -2.27. The van der Waals surface area contributed by atoms with Gasteiger partial charge >= 0.3 is 0 Å². The third-order valence-electron chi connectivity index (χ3n) is 5.38. The molecule has 4 rings (SSSR count). The summed E-state index contributed by atoms with van der Waals surface area (Å²) >= 11 is 0. The van der Waals surface area contributed by atoms with E-state index in [1.807, 2.05) is 30.3 Å². The maximum atomic E-state index is 12.1. The van der Waals surface area contributed by atoms with Gasteiger partial charge in [-0.05, 0) is 48.6 Å². The number of aromatic nitrogens is 3. The molecule has 1 N–H and O–H groups in total. The molecule has 3 heterocycles. The number of hydrogen-bond acceptors (Lipinski definition) is 5. The fourth-order valence-electron chi connectivity index (χ4n) is 3.51. The fraction of sp³-hybridized carbons (Fsp3) is 0.375. The summed E-state index contributed by atoms with van der Waals surface area (Å²) in [6.07, 6.45) is 7.57. The SMILES string of the molecule is O=C(CCCC1COC1)CCc1cccc(COc2ccc(-c3ccn[nH]3)nc2)c1. The molecule has 1 aliphatic rings. The van der Waals surface area contributed by atoms with Gasteiger partial charge in [0.2, 0.25) is 0 Å². The molecule has 6 nitrogen and oxygen atoms in total. The number of H-pyrrole nitrogens is 1. The number of aromatic amines is 1. The lowest BCUT2D eigenvalue weighted by molar-refractivity contribution is -0.119. The lowest BCUT2D eigenvalue weighted by Gasteiger charge is -2.25. The molecule has 2 aromatic heterocycles. The minimum atomic E-state index is 0.348. The van der Waals surface area contributed by atoms with Crippen LogP contribution in [0.4, 0.5) is 0 Å². The number of carbonyl (C=O) groups is 1. The van der Waals surface area contributed by atoms with Gasteiger partial charge in [-0.15, -0.1) is 0 Å². The monoisotopic (exact) mass is 405 g/mol. The van der Waals surface area contributed by atoms with Crippen molar-refractivity contribution in [2.45, 2.75) is 38.7 Å². The van der Waals surface area contributed by atoms with Crippen molar-refractivity contribution in [3.8, 4) is 17.1 Å². The van der Waals surface area contributed by atoms with E-state index >= 15 is 0 Å². The molecule has 0 unspecified atom stereocenters. The first-order valence-electron chi connectivity index (χ1n) is 10.5. The van der Waals surface area contributed by atoms with Crippen LogP contribution in [0.5, 0.6) is 5.75 Å². The Morgan fingerprint density at radius 1 is 1.13 bits per heavy atom. The molecular weight excluding hydrogens is 378 g/mol. The van der Waals surface area contributed by atoms with Crippen LogP contribution in [0, 0.1) is 5.92 Å². The largest absolute Gasteiger partial charge is 0.487 e. The van der Waals surface area contributed by atoms with Crippen molar-refractivity contribution in [3.05, 3.63) is 66.0 Å². The molecule has 0 radical (unpaired) electrons. The van der Waals surface area contributed by atoms with E-state index in [1.54, 1.807) is 12.4 Å². The highest BCUT2D eigenvalue weighted by atomic mass is 16.5. The van der Waals surface area contributed by atoms with Gasteiger partial charge in [0.1, 0.15) is 18.1 Å². The van der Waals surface area contributed by atoms with Crippen molar-refractivity contribution < 1.29 is 14.3 Å². The van der Waals surface area contributed by atoms with Gasteiger partial charge in [0.05, 0.1) is 30.8 Å². The average molecular weight is 405 g/mol. The third kappa shape index (κ3) is 5.76. The first-order chi connectivity index (χ1) is 14.8. The molecule has 3 aromatic rings. The molecule has 6 heteroatoms. The Hall–Kier alpha value is -2.99. The Morgan fingerprint density at radius 3 is 2.77 bits per heavy atom. The standard InChI is InChI=1S/C24H27N3O3/c28-21(6-2-5-20-15-29-16-20)8-7-18-3-1-4-19(13-18)17-30-22-9-10-23(25-14-22)24-11-12-26-27-24/h1,3-4,9-14,20H,2,5-8,15-17H2,(H,26,27). The Balaban J connectivity index is 1.21. The van der Waals surface area contributed by atoms with Crippen LogP contribution in [-0.4, -0.2) is 34.2 Å². The van der Waals surface area contributed by atoms with Crippen LogP contribution >= 0.6 is 0 Å². The number of aryl methyl sites for hydroxylation is 1. The van der Waals surface area contributed by atoms with Crippen molar-refractivity contribution in [1.29, 1.82) is 0 Å². The van der Waals surface area contributed by atoms with Crippen molar-refractivity contribution in [1.82, 2.24) is 15.2 Å². The summed E-state index contributed by atoms with van der Waals surface area (Å²) < 4.78 is 11.0. The number of ketones is 1. The van der Waals surface area contributed by atoms with Crippen molar-refractivity contribution >= 4 is 5.78 Å². The number of benzene rings is 1. The molecule has 30 heavy (non-hydrogen) atoms. The van der Waals surface area contributed by atoms with E-state index in [-0.39, 0.29) is 0 Å². The summed E-state index contributed by atoms with van der Waals surface area (Å²) in [5.74, 6) is 1.74. The molecule has 1 saturated heterocycles. The fourth-order valence-corrected chi connectivity index (χ4v) is 3.51. The zero-order valence-electron chi connectivity index (χ0n) is 17.0. The normalized spacial score (nSPS) is 13.7. The molecule has 0 amide bonds. The molecule has 1 fully saturated rings. The topological polar surface area (TPSA) is 77.1 Å². The molecule has 0 bridgehead atoms. The maximum absolute atomic E-state index is 12.1. The Morgan fingerprint density at radius 2 is 2.03 bits per heavy atom. The molecular formula is C24H27N3O3. The summed E-state index contributed by atoms with van der Waals surface area (Å²) in [4.78, 5) is 16.5. The van der Waals surface area contributed by atoms with Gasteiger partial charge in [-0.25, -0.2) is 0 Å². The number of nitrogens with zero attached hydrogens (tertiary/aromatic N) is 2. The second kappa shape index (κ2) is 10.2. The number of pyridine rings is 1. The van der Waals surface area contributed by atoms with Crippen LogP contribution in [-0.2, 0) is 22.6 Å². The highest BCUT2D eigenvalue weighted by Crippen LogP contribution is 2.19. The van der Waals surface area contributed by atoms with Crippen LogP contribution in [0.1, 0.15) is 36.8 Å².